The zero-order valence-electron chi connectivity index (χ0n) is 12.2. The predicted molar refractivity (Wildman–Crippen MR) is 74.8 cm³/mol. The lowest BCUT2D eigenvalue weighted by atomic mass is 10.1. The van der Waals surface area contributed by atoms with Crippen molar-refractivity contribution in [2.24, 2.45) is 0 Å². The normalized spacial score (nSPS) is 18.9. The summed E-state index contributed by atoms with van der Waals surface area (Å²) in [7, 11) is 1.38. The van der Waals surface area contributed by atoms with Crippen molar-refractivity contribution in [2.45, 2.75) is 26.4 Å². The Kier molecular flexibility index (Phi) is 4.98. The highest BCUT2D eigenvalue weighted by Crippen LogP contribution is 2.26. The molecule has 0 aliphatic carbocycles. The first-order valence-corrected chi connectivity index (χ1v) is 6.81. The standard InChI is InChI=1S/C15H21NO4/c1-4-19-10-16-8-13-6-5-12(15(17)18-3)7-14(13)20-9-11(16)2/h5-7,11H,4,8-10H2,1-3H3/t11-/m0/s1. The van der Waals surface area contributed by atoms with Crippen molar-refractivity contribution in [3.05, 3.63) is 29.3 Å². The summed E-state index contributed by atoms with van der Waals surface area (Å²) < 4.78 is 16.0. The summed E-state index contributed by atoms with van der Waals surface area (Å²) in [6.45, 7) is 6.68. The molecule has 0 unspecified atom stereocenters. The summed E-state index contributed by atoms with van der Waals surface area (Å²) in [4.78, 5) is 13.8. The molecule has 0 saturated heterocycles. The quantitative estimate of drug-likeness (QED) is 0.789. The smallest absolute Gasteiger partial charge is 0.337 e. The zero-order chi connectivity index (χ0) is 14.5. The van der Waals surface area contributed by atoms with Crippen LogP contribution in [-0.2, 0) is 16.0 Å². The summed E-state index contributed by atoms with van der Waals surface area (Å²) in [5, 5.41) is 0. The van der Waals surface area contributed by atoms with Crippen LogP contribution in [0.15, 0.2) is 18.2 Å². The predicted octanol–water partition coefficient (Wildman–Crippen LogP) is 2.05. The molecule has 0 aromatic heterocycles. The average molecular weight is 279 g/mol. The van der Waals surface area contributed by atoms with Gasteiger partial charge in [-0.25, -0.2) is 4.79 Å². The number of hydrogen-bond acceptors (Lipinski definition) is 5. The van der Waals surface area contributed by atoms with Crippen molar-refractivity contribution in [1.82, 2.24) is 4.90 Å². The Balaban J connectivity index is 2.19. The Morgan fingerprint density at radius 2 is 2.30 bits per heavy atom. The molecule has 0 spiro atoms. The lowest BCUT2D eigenvalue weighted by Crippen LogP contribution is -2.36. The van der Waals surface area contributed by atoms with E-state index in [-0.39, 0.29) is 12.0 Å². The van der Waals surface area contributed by atoms with Gasteiger partial charge in [0, 0.05) is 24.8 Å². The fourth-order valence-electron chi connectivity index (χ4n) is 2.14. The molecule has 5 heteroatoms. The molecule has 0 fully saturated rings. The summed E-state index contributed by atoms with van der Waals surface area (Å²) in [6.07, 6.45) is 0. The summed E-state index contributed by atoms with van der Waals surface area (Å²) in [6, 6.07) is 5.69. The van der Waals surface area contributed by atoms with Crippen LogP contribution in [0.3, 0.4) is 0 Å². The van der Waals surface area contributed by atoms with Crippen LogP contribution in [0.2, 0.25) is 0 Å². The minimum Gasteiger partial charge on any atom is -0.492 e. The highest BCUT2D eigenvalue weighted by Gasteiger charge is 2.22. The van der Waals surface area contributed by atoms with Crippen molar-refractivity contribution < 1.29 is 19.0 Å². The number of carbonyl (C=O) groups is 1. The van der Waals surface area contributed by atoms with Gasteiger partial charge in [-0.1, -0.05) is 6.07 Å². The second-order valence-corrected chi connectivity index (χ2v) is 4.84. The van der Waals surface area contributed by atoms with E-state index in [1.807, 2.05) is 13.0 Å². The first-order chi connectivity index (χ1) is 9.65. The van der Waals surface area contributed by atoms with Crippen molar-refractivity contribution >= 4 is 5.97 Å². The molecule has 1 aromatic carbocycles. The number of hydrogen-bond donors (Lipinski definition) is 0. The van der Waals surface area contributed by atoms with Gasteiger partial charge in [0.05, 0.1) is 19.4 Å². The molecule has 5 nitrogen and oxygen atoms in total. The van der Waals surface area contributed by atoms with Gasteiger partial charge in [-0.15, -0.1) is 0 Å². The van der Waals surface area contributed by atoms with Gasteiger partial charge in [0.2, 0.25) is 0 Å². The van der Waals surface area contributed by atoms with Crippen LogP contribution in [-0.4, -0.2) is 44.0 Å². The van der Waals surface area contributed by atoms with Gasteiger partial charge in [-0.2, -0.15) is 0 Å². The van der Waals surface area contributed by atoms with Crippen LogP contribution in [0.1, 0.15) is 29.8 Å². The molecule has 2 rings (SSSR count). The van der Waals surface area contributed by atoms with Crippen LogP contribution >= 0.6 is 0 Å². The van der Waals surface area contributed by atoms with E-state index in [1.54, 1.807) is 12.1 Å². The third kappa shape index (κ3) is 3.29. The molecule has 1 atom stereocenters. The summed E-state index contributed by atoms with van der Waals surface area (Å²) in [5.74, 6) is 0.401. The topological polar surface area (TPSA) is 48.0 Å². The Bertz CT molecular complexity index is 475. The minimum atomic E-state index is -0.347. The fraction of sp³-hybridized carbons (Fsp3) is 0.533. The maximum atomic E-state index is 11.5. The molecule has 1 aliphatic heterocycles. The van der Waals surface area contributed by atoms with E-state index in [2.05, 4.69) is 11.8 Å². The molecule has 0 N–H and O–H groups in total. The molecule has 0 amide bonds. The SMILES string of the molecule is CCOCN1Cc2ccc(C(=O)OC)cc2OC[C@@H]1C. The third-order valence-electron chi connectivity index (χ3n) is 3.43. The maximum absolute atomic E-state index is 11.5. The zero-order valence-corrected chi connectivity index (χ0v) is 12.2. The van der Waals surface area contributed by atoms with E-state index < -0.39 is 0 Å². The number of ether oxygens (including phenoxy) is 3. The van der Waals surface area contributed by atoms with Gasteiger partial charge in [0.25, 0.3) is 0 Å². The minimum absolute atomic E-state index is 0.260. The van der Waals surface area contributed by atoms with Crippen LogP contribution in [0, 0.1) is 0 Å². The van der Waals surface area contributed by atoms with Crippen LogP contribution < -0.4 is 4.74 Å². The summed E-state index contributed by atoms with van der Waals surface area (Å²) >= 11 is 0. The van der Waals surface area contributed by atoms with E-state index in [0.29, 0.717) is 25.5 Å². The Labute approximate surface area is 119 Å². The van der Waals surface area contributed by atoms with Gasteiger partial charge in [0.1, 0.15) is 12.4 Å². The van der Waals surface area contributed by atoms with Crippen molar-refractivity contribution in [3.8, 4) is 5.75 Å². The lowest BCUT2D eigenvalue weighted by molar-refractivity contribution is 0.00369. The molecule has 1 aromatic rings. The highest BCUT2D eigenvalue weighted by molar-refractivity contribution is 5.89. The molecule has 0 bridgehead atoms. The maximum Gasteiger partial charge on any atom is 0.337 e. The number of nitrogens with zero attached hydrogens (tertiary/aromatic N) is 1. The number of fused-ring (bicyclic) bond motifs is 1. The number of carbonyl (C=O) groups excluding carboxylic acids is 1. The molecule has 0 saturated carbocycles. The van der Waals surface area contributed by atoms with Gasteiger partial charge in [-0.3, -0.25) is 4.90 Å². The van der Waals surface area contributed by atoms with Crippen LogP contribution in [0.5, 0.6) is 5.75 Å². The first kappa shape index (κ1) is 14.8. The van der Waals surface area contributed by atoms with Gasteiger partial charge >= 0.3 is 5.97 Å². The second kappa shape index (κ2) is 6.72. The number of rotatable bonds is 4. The first-order valence-electron chi connectivity index (χ1n) is 6.81. The average Bonchev–Trinajstić information content (AvgIpc) is 2.63. The molecule has 20 heavy (non-hydrogen) atoms. The summed E-state index contributed by atoms with van der Waals surface area (Å²) in [5.41, 5.74) is 1.57. The van der Waals surface area contributed by atoms with Crippen LogP contribution in [0.25, 0.3) is 0 Å². The highest BCUT2D eigenvalue weighted by atomic mass is 16.5. The van der Waals surface area contributed by atoms with E-state index in [4.69, 9.17) is 14.2 Å². The number of methoxy groups -OCH3 is 1. The van der Waals surface area contributed by atoms with Gasteiger partial charge in [0.15, 0.2) is 0 Å². The molecular weight excluding hydrogens is 258 g/mol. The molecular formula is C15H21NO4. The largest absolute Gasteiger partial charge is 0.492 e. The fourth-order valence-corrected chi connectivity index (χ4v) is 2.14. The van der Waals surface area contributed by atoms with Crippen LogP contribution in [0.4, 0.5) is 0 Å². The molecule has 1 aliphatic rings. The van der Waals surface area contributed by atoms with E-state index in [1.165, 1.54) is 7.11 Å². The molecule has 1 heterocycles. The molecule has 0 radical (unpaired) electrons. The second-order valence-electron chi connectivity index (χ2n) is 4.84. The van der Waals surface area contributed by atoms with Crippen molar-refractivity contribution in [1.29, 1.82) is 0 Å². The Hall–Kier alpha value is -1.59. The van der Waals surface area contributed by atoms with Gasteiger partial charge in [-0.05, 0) is 26.0 Å². The van der Waals surface area contributed by atoms with E-state index in [0.717, 1.165) is 17.9 Å². The van der Waals surface area contributed by atoms with Crippen molar-refractivity contribution in [2.75, 3.05) is 27.1 Å². The Morgan fingerprint density at radius 3 is 3.00 bits per heavy atom. The van der Waals surface area contributed by atoms with E-state index >= 15 is 0 Å². The number of benzene rings is 1. The van der Waals surface area contributed by atoms with E-state index in [9.17, 15) is 4.79 Å². The lowest BCUT2D eigenvalue weighted by Gasteiger charge is -2.25. The Morgan fingerprint density at radius 1 is 1.50 bits per heavy atom. The van der Waals surface area contributed by atoms with Gasteiger partial charge < -0.3 is 14.2 Å². The third-order valence-corrected chi connectivity index (χ3v) is 3.43. The molecule has 110 valence electrons. The number of esters is 1. The monoisotopic (exact) mass is 279 g/mol. The van der Waals surface area contributed by atoms with Crippen molar-refractivity contribution in [3.63, 3.8) is 0 Å².